The number of piperidine rings is 1. The smallest absolute Gasteiger partial charge is 0.249 e. The third-order valence-electron chi connectivity index (χ3n) is 4.57. The van der Waals surface area contributed by atoms with Gasteiger partial charge in [-0.1, -0.05) is 18.2 Å². The summed E-state index contributed by atoms with van der Waals surface area (Å²) in [5, 5.41) is 0. The van der Waals surface area contributed by atoms with Gasteiger partial charge in [0.15, 0.2) is 0 Å². The van der Waals surface area contributed by atoms with Crippen molar-refractivity contribution in [2.75, 3.05) is 18.0 Å². The Morgan fingerprint density at radius 1 is 1.10 bits per heavy atom. The highest BCUT2D eigenvalue weighted by molar-refractivity contribution is 6.00. The number of hydrogen-bond acceptors (Lipinski definition) is 2. The molecule has 1 saturated heterocycles. The van der Waals surface area contributed by atoms with Crippen LogP contribution in [0.1, 0.15) is 38.2 Å². The molecular formula is C17H22N2O2. The van der Waals surface area contributed by atoms with Crippen LogP contribution in [0.15, 0.2) is 24.3 Å². The average molecular weight is 286 g/mol. The fourth-order valence-corrected chi connectivity index (χ4v) is 3.51. The summed E-state index contributed by atoms with van der Waals surface area (Å²) in [4.78, 5) is 28.4. The first-order valence-corrected chi connectivity index (χ1v) is 7.85. The van der Waals surface area contributed by atoms with E-state index in [2.05, 4.69) is 6.07 Å². The maximum Gasteiger partial charge on any atom is 0.249 e. The summed E-state index contributed by atoms with van der Waals surface area (Å²) in [6.07, 6.45) is 4.84. The molecule has 0 aliphatic carbocycles. The van der Waals surface area contributed by atoms with E-state index >= 15 is 0 Å². The van der Waals surface area contributed by atoms with Crippen molar-refractivity contribution in [1.29, 1.82) is 0 Å². The predicted octanol–water partition coefficient (Wildman–Crippen LogP) is 2.37. The van der Waals surface area contributed by atoms with Crippen molar-refractivity contribution >= 4 is 17.5 Å². The van der Waals surface area contributed by atoms with E-state index in [0.29, 0.717) is 6.54 Å². The number of hydrogen-bond donors (Lipinski definition) is 0. The summed E-state index contributed by atoms with van der Waals surface area (Å²) in [6, 6.07) is 7.84. The van der Waals surface area contributed by atoms with E-state index < -0.39 is 0 Å². The summed E-state index contributed by atoms with van der Waals surface area (Å²) < 4.78 is 0. The van der Waals surface area contributed by atoms with E-state index in [1.165, 1.54) is 5.56 Å². The van der Waals surface area contributed by atoms with Gasteiger partial charge in [-0.25, -0.2) is 0 Å². The Bertz CT molecular complexity index is 555. The van der Waals surface area contributed by atoms with Gasteiger partial charge >= 0.3 is 0 Å². The van der Waals surface area contributed by atoms with Crippen LogP contribution in [-0.4, -0.2) is 35.8 Å². The van der Waals surface area contributed by atoms with Gasteiger partial charge in [0.2, 0.25) is 11.8 Å². The minimum Gasteiger partial charge on any atom is -0.331 e. The van der Waals surface area contributed by atoms with Crippen molar-refractivity contribution in [1.82, 2.24) is 4.90 Å². The SMILES string of the molecule is CC(=O)N1CCCCC1C(=O)N1CCCc2ccccc21. The lowest BCUT2D eigenvalue weighted by molar-refractivity contribution is -0.139. The second-order valence-corrected chi connectivity index (χ2v) is 5.95. The largest absolute Gasteiger partial charge is 0.331 e. The number of carbonyl (C=O) groups excluding carboxylic acids is 2. The van der Waals surface area contributed by atoms with Gasteiger partial charge in [-0.2, -0.15) is 0 Å². The summed E-state index contributed by atoms with van der Waals surface area (Å²) in [5.74, 6) is 0.107. The molecule has 0 spiro atoms. The maximum atomic E-state index is 13.0. The van der Waals surface area contributed by atoms with Gasteiger partial charge in [-0.05, 0) is 43.7 Å². The highest BCUT2D eigenvalue weighted by Gasteiger charge is 2.35. The van der Waals surface area contributed by atoms with Crippen LogP contribution < -0.4 is 4.90 Å². The standard InChI is InChI=1S/C17H22N2O2/c1-13(20)18-11-5-4-10-16(18)17(21)19-12-6-8-14-7-2-3-9-15(14)19/h2-3,7,9,16H,4-6,8,10-12H2,1H3. The van der Waals surface area contributed by atoms with Crippen LogP contribution in [0.4, 0.5) is 5.69 Å². The fraction of sp³-hybridized carbons (Fsp3) is 0.529. The summed E-state index contributed by atoms with van der Waals surface area (Å²) >= 11 is 0. The fourth-order valence-electron chi connectivity index (χ4n) is 3.51. The maximum absolute atomic E-state index is 13.0. The van der Waals surface area contributed by atoms with Crippen LogP contribution >= 0.6 is 0 Å². The summed E-state index contributed by atoms with van der Waals surface area (Å²) in [7, 11) is 0. The van der Waals surface area contributed by atoms with E-state index in [1.807, 2.05) is 23.1 Å². The average Bonchev–Trinajstić information content (AvgIpc) is 2.53. The minimum atomic E-state index is -0.276. The Hall–Kier alpha value is -1.84. The Labute approximate surface area is 125 Å². The molecular weight excluding hydrogens is 264 g/mol. The molecule has 1 fully saturated rings. The molecule has 2 aliphatic heterocycles. The number of nitrogens with zero attached hydrogens (tertiary/aromatic N) is 2. The van der Waals surface area contributed by atoms with E-state index in [1.54, 1.807) is 11.8 Å². The number of rotatable bonds is 1. The van der Waals surface area contributed by atoms with E-state index in [9.17, 15) is 9.59 Å². The van der Waals surface area contributed by atoms with Crippen molar-refractivity contribution in [2.45, 2.75) is 45.1 Å². The molecule has 1 unspecified atom stereocenters. The Balaban J connectivity index is 1.86. The van der Waals surface area contributed by atoms with Gasteiger partial charge in [-0.3, -0.25) is 9.59 Å². The lowest BCUT2D eigenvalue weighted by Gasteiger charge is -2.39. The molecule has 3 rings (SSSR count). The number of aryl methyl sites for hydroxylation is 1. The molecule has 0 aromatic heterocycles. The van der Waals surface area contributed by atoms with E-state index in [4.69, 9.17) is 0 Å². The molecule has 0 radical (unpaired) electrons. The second kappa shape index (κ2) is 5.88. The van der Waals surface area contributed by atoms with Crippen LogP contribution in [0.25, 0.3) is 0 Å². The third kappa shape index (κ3) is 2.67. The highest BCUT2D eigenvalue weighted by Crippen LogP contribution is 2.29. The second-order valence-electron chi connectivity index (χ2n) is 5.95. The van der Waals surface area contributed by atoms with Gasteiger partial charge in [0.05, 0.1) is 0 Å². The lowest BCUT2D eigenvalue weighted by Crippen LogP contribution is -2.53. The molecule has 21 heavy (non-hydrogen) atoms. The van der Waals surface area contributed by atoms with E-state index in [-0.39, 0.29) is 17.9 Å². The number of benzene rings is 1. The molecule has 4 heteroatoms. The molecule has 1 aromatic carbocycles. The van der Waals surface area contributed by atoms with Crippen molar-refractivity contribution in [3.63, 3.8) is 0 Å². The molecule has 112 valence electrons. The highest BCUT2D eigenvalue weighted by atomic mass is 16.2. The van der Waals surface area contributed by atoms with Crippen molar-refractivity contribution in [2.24, 2.45) is 0 Å². The topological polar surface area (TPSA) is 40.6 Å². The van der Waals surface area contributed by atoms with Gasteiger partial charge in [0.25, 0.3) is 0 Å². The van der Waals surface area contributed by atoms with Crippen LogP contribution in [-0.2, 0) is 16.0 Å². The summed E-state index contributed by atoms with van der Waals surface area (Å²) in [6.45, 7) is 3.04. The van der Waals surface area contributed by atoms with Gasteiger partial charge in [0, 0.05) is 25.7 Å². The Kier molecular flexibility index (Phi) is 3.95. The minimum absolute atomic E-state index is 0.0124. The predicted molar refractivity (Wildman–Crippen MR) is 82.1 cm³/mol. The van der Waals surface area contributed by atoms with Gasteiger partial charge < -0.3 is 9.80 Å². The molecule has 4 nitrogen and oxygen atoms in total. The molecule has 2 aliphatic rings. The lowest BCUT2D eigenvalue weighted by atomic mass is 9.97. The number of anilines is 1. The molecule has 1 atom stereocenters. The Morgan fingerprint density at radius 3 is 2.71 bits per heavy atom. The van der Waals surface area contributed by atoms with Gasteiger partial charge in [-0.15, -0.1) is 0 Å². The van der Waals surface area contributed by atoms with Gasteiger partial charge in [0.1, 0.15) is 6.04 Å². The summed E-state index contributed by atoms with van der Waals surface area (Å²) in [5.41, 5.74) is 2.27. The van der Waals surface area contributed by atoms with Crippen LogP contribution in [0, 0.1) is 0 Å². The quantitative estimate of drug-likeness (QED) is 0.795. The first kappa shape index (κ1) is 14.1. The Morgan fingerprint density at radius 2 is 1.90 bits per heavy atom. The molecule has 0 saturated carbocycles. The molecule has 2 heterocycles. The van der Waals surface area contributed by atoms with Crippen molar-refractivity contribution in [3.8, 4) is 0 Å². The zero-order valence-corrected chi connectivity index (χ0v) is 12.5. The number of amides is 2. The molecule has 0 N–H and O–H groups in total. The first-order valence-electron chi connectivity index (χ1n) is 7.85. The number of fused-ring (bicyclic) bond motifs is 1. The van der Waals surface area contributed by atoms with Crippen molar-refractivity contribution < 1.29 is 9.59 Å². The normalized spacial score (nSPS) is 21.9. The first-order chi connectivity index (χ1) is 10.2. The number of carbonyl (C=O) groups is 2. The number of para-hydroxylation sites is 1. The zero-order chi connectivity index (χ0) is 14.8. The molecule has 2 amide bonds. The molecule has 0 bridgehead atoms. The number of likely N-dealkylation sites (tertiary alicyclic amines) is 1. The van der Waals surface area contributed by atoms with E-state index in [0.717, 1.165) is 44.3 Å². The molecule has 1 aromatic rings. The van der Waals surface area contributed by atoms with Crippen LogP contribution in [0.5, 0.6) is 0 Å². The van der Waals surface area contributed by atoms with Crippen molar-refractivity contribution in [3.05, 3.63) is 29.8 Å². The monoisotopic (exact) mass is 286 g/mol. The van der Waals surface area contributed by atoms with Crippen LogP contribution in [0.3, 0.4) is 0 Å². The zero-order valence-electron chi connectivity index (χ0n) is 12.5. The van der Waals surface area contributed by atoms with Crippen LogP contribution in [0.2, 0.25) is 0 Å². The third-order valence-corrected chi connectivity index (χ3v) is 4.57.